The quantitative estimate of drug-likeness (QED) is 0.0661. The first-order valence-electron chi connectivity index (χ1n) is 10.8. The van der Waals surface area contributed by atoms with Crippen molar-refractivity contribution in [1.29, 1.82) is 0 Å². The second-order valence-corrected chi connectivity index (χ2v) is 9.79. The maximum absolute atomic E-state index is 12.7. The number of nitrogens with two attached hydrogens (primary N) is 1. The molecule has 3 atom stereocenters. The number of phenols is 1. The van der Waals surface area contributed by atoms with E-state index in [0.717, 1.165) is 4.90 Å². The molecule has 2 amide bonds. The molecule has 2 aromatic carbocycles. The van der Waals surface area contributed by atoms with E-state index in [1.54, 1.807) is 0 Å². The number of carbonyl (C=O) groups is 3. The van der Waals surface area contributed by atoms with Crippen LogP contribution >= 0.6 is 7.60 Å². The third-order valence-electron chi connectivity index (χ3n) is 5.53. The fraction of sp³-hybridized carbons (Fsp3) is 0.273. The standard InChI is InChI=1S/C22H25N4O10P/c23-16(22(30)31)9-10-36-15-7-3-12(4-8-15)18(25-32)19(28)24-17-11-26(20(17)29)21(37(33,34)35)13-1-5-14(27)6-2-13/h1-8,16-17,21,27,32H,9-11,23H2,(H,24,28)(H,30,31)(H2,33,34,35)/b25-18-/t16?,17-,21-/m0/s1. The Kier molecular flexibility index (Phi) is 8.50. The lowest BCUT2D eigenvalue weighted by molar-refractivity contribution is -0.147. The number of benzene rings is 2. The molecule has 1 aliphatic rings. The Morgan fingerprint density at radius 2 is 1.78 bits per heavy atom. The average molecular weight is 536 g/mol. The number of aromatic hydroxyl groups is 1. The normalized spacial score (nSPS) is 17.5. The van der Waals surface area contributed by atoms with Gasteiger partial charge in [-0.1, -0.05) is 17.3 Å². The smallest absolute Gasteiger partial charge is 0.352 e. The zero-order chi connectivity index (χ0) is 27.3. The summed E-state index contributed by atoms with van der Waals surface area (Å²) in [5.74, 6) is -4.18. The van der Waals surface area contributed by atoms with Crippen molar-refractivity contribution in [2.45, 2.75) is 24.3 Å². The van der Waals surface area contributed by atoms with E-state index >= 15 is 0 Å². The van der Waals surface area contributed by atoms with Crippen LogP contribution in [0.5, 0.6) is 11.5 Å². The van der Waals surface area contributed by atoms with Crippen molar-refractivity contribution in [2.75, 3.05) is 13.2 Å². The fourth-order valence-corrected chi connectivity index (χ4v) is 4.71. The molecule has 1 fully saturated rings. The Hall–Kier alpha value is -3.97. The number of nitrogens with one attached hydrogen (secondary N) is 1. The number of oxime groups is 1. The molecule has 0 bridgehead atoms. The lowest BCUT2D eigenvalue weighted by Gasteiger charge is -2.43. The van der Waals surface area contributed by atoms with Gasteiger partial charge in [0.05, 0.1) is 13.2 Å². The number of amides is 2. The van der Waals surface area contributed by atoms with Crippen LogP contribution in [-0.4, -0.2) is 78.8 Å². The molecule has 3 rings (SSSR count). The van der Waals surface area contributed by atoms with E-state index < -0.39 is 49.0 Å². The van der Waals surface area contributed by atoms with Gasteiger partial charge in [-0.3, -0.25) is 18.9 Å². The van der Waals surface area contributed by atoms with Crippen molar-refractivity contribution in [3.05, 3.63) is 59.7 Å². The molecule has 0 aliphatic carbocycles. The van der Waals surface area contributed by atoms with Gasteiger partial charge >= 0.3 is 13.6 Å². The van der Waals surface area contributed by atoms with Gasteiger partial charge in [0.2, 0.25) is 5.91 Å². The summed E-state index contributed by atoms with van der Waals surface area (Å²) >= 11 is 0. The third kappa shape index (κ3) is 6.62. The molecule has 15 heteroatoms. The summed E-state index contributed by atoms with van der Waals surface area (Å²) in [5, 5.41) is 32.9. The van der Waals surface area contributed by atoms with E-state index in [1.807, 2.05) is 0 Å². The predicted molar refractivity (Wildman–Crippen MR) is 127 cm³/mol. The molecule has 1 aliphatic heterocycles. The topological polar surface area (TPSA) is 232 Å². The maximum atomic E-state index is 12.7. The molecule has 198 valence electrons. The second-order valence-electron chi connectivity index (χ2n) is 8.13. The molecule has 0 saturated carbocycles. The van der Waals surface area contributed by atoms with Gasteiger partial charge in [-0.25, -0.2) is 0 Å². The molecule has 0 spiro atoms. The van der Waals surface area contributed by atoms with Crippen LogP contribution < -0.4 is 15.8 Å². The van der Waals surface area contributed by atoms with Crippen molar-refractivity contribution in [2.24, 2.45) is 10.9 Å². The molecule has 14 nitrogen and oxygen atoms in total. The van der Waals surface area contributed by atoms with Gasteiger partial charge in [-0.05, 0) is 42.0 Å². The molecule has 8 N–H and O–H groups in total. The number of aliphatic carboxylic acids is 1. The van der Waals surface area contributed by atoms with Crippen molar-refractivity contribution in [3.8, 4) is 11.5 Å². The number of likely N-dealkylation sites (tertiary alicyclic amines) is 1. The van der Waals surface area contributed by atoms with Gasteiger partial charge in [0.15, 0.2) is 11.5 Å². The highest BCUT2D eigenvalue weighted by atomic mass is 31.2. The highest BCUT2D eigenvalue weighted by Gasteiger charge is 2.48. The number of rotatable bonds is 11. The SMILES string of the molecule is NC(CCOc1ccc(/C(=N/O)C(=O)N[C@H]2CN([C@H](c3ccc(O)cc3)P(=O)(O)O)C2=O)cc1)C(=O)O. The minimum atomic E-state index is -4.83. The number of carbonyl (C=O) groups excluding carboxylic acids is 2. The fourth-order valence-electron chi connectivity index (χ4n) is 3.58. The largest absolute Gasteiger partial charge is 0.508 e. The summed E-state index contributed by atoms with van der Waals surface area (Å²) in [6, 6.07) is 8.56. The van der Waals surface area contributed by atoms with Crippen molar-refractivity contribution >= 4 is 31.1 Å². The monoisotopic (exact) mass is 536 g/mol. The molecule has 0 radical (unpaired) electrons. The highest BCUT2D eigenvalue weighted by molar-refractivity contribution is 7.52. The summed E-state index contributed by atoms with van der Waals surface area (Å²) in [6.45, 7) is -0.181. The first-order chi connectivity index (χ1) is 17.4. The Bertz CT molecular complexity index is 1230. The van der Waals surface area contributed by atoms with Gasteiger partial charge < -0.3 is 45.9 Å². The van der Waals surface area contributed by atoms with Crippen molar-refractivity contribution < 1.29 is 48.9 Å². The van der Waals surface area contributed by atoms with Crippen LogP contribution in [0.15, 0.2) is 53.7 Å². The van der Waals surface area contributed by atoms with Crippen LogP contribution in [0.1, 0.15) is 23.3 Å². The Morgan fingerprint density at radius 3 is 2.30 bits per heavy atom. The summed E-state index contributed by atoms with van der Waals surface area (Å²) in [5.41, 5.74) is 5.26. The van der Waals surface area contributed by atoms with Crippen molar-refractivity contribution in [1.82, 2.24) is 10.2 Å². The summed E-state index contributed by atoms with van der Waals surface area (Å²) in [6.07, 6.45) is 0.0743. The van der Waals surface area contributed by atoms with Crippen LogP contribution in [0, 0.1) is 0 Å². The van der Waals surface area contributed by atoms with E-state index in [4.69, 9.17) is 15.6 Å². The molecule has 1 saturated heterocycles. The van der Waals surface area contributed by atoms with Crippen LogP contribution in [0.2, 0.25) is 0 Å². The lowest BCUT2D eigenvalue weighted by Crippen LogP contribution is -2.65. The number of ether oxygens (including phenoxy) is 1. The predicted octanol–water partition coefficient (Wildman–Crippen LogP) is -0.0452. The molecule has 2 aromatic rings. The molecular formula is C22H25N4O10P. The summed E-state index contributed by atoms with van der Waals surface area (Å²) in [4.78, 5) is 56.5. The zero-order valence-electron chi connectivity index (χ0n) is 19.2. The number of carboxylic acid groups (broad SMARTS) is 1. The first-order valence-corrected chi connectivity index (χ1v) is 12.5. The number of nitrogens with zero attached hydrogens (tertiary/aromatic N) is 2. The van der Waals surface area contributed by atoms with Gasteiger partial charge in [-0.15, -0.1) is 0 Å². The van der Waals surface area contributed by atoms with Crippen LogP contribution in [0.4, 0.5) is 0 Å². The number of hydrogen-bond acceptors (Lipinski definition) is 9. The highest BCUT2D eigenvalue weighted by Crippen LogP contribution is 2.55. The lowest BCUT2D eigenvalue weighted by atomic mass is 10.0. The Labute approximate surface area is 210 Å². The van der Waals surface area contributed by atoms with E-state index in [2.05, 4.69) is 10.5 Å². The van der Waals surface area contributed by atoms with Crippen LogP contribution in [0.25, 0.3) is 0 Å². The molecule has 1 heterocycles. The minimum Gasteiger partial charge on any atom is -0.508 e. The number of carboxylic acids is 1. The minimum absolute atomic E-state index is 0.0360. The molecular weight excluding hydrogens is 511 g/mol. The molecule has 0 aromatic heterocycles. The molecule has 37 heavy (non-hydrogen) atoms. The van der Waals surface area contributed by atoms with Crippen LogP contribution in [0.3, 0.4) is 0 Å². The summed E-state index contributed by atoms with van der Waals surface area (Å²) < 4.78 is 17.5. The Morgan fingerprint density at radius 1 is 1.16 bits per heavy atom. The average Bonchev–Trinajstić information content (AvgIpc) is 2.84. The zero-order valence-corrected chi connectivity index (χ0v) is 20.1. The number of phenolic OH excluding ortho intramolecular Hbond substituents is 1. The van der Waals surface area contributed by atoms with E-state index in [9.17, 15) is 39.0 Å². The molecule has 1 unspecified atom stereocenters. The van der Waals surface area contributed by atoms with E-state index in [0.29, 0.717) is 5.75 Å². The second kappa shape index (κ2) is 11.4. The number of hydrogen-bond donors (Lipinski definition) is 7. The van der Waals surface area contributed by atoms with Gasteiger partial charge in [0, 0.05) is 12.0 Å². The van der Waals surface area contributed by atoms with Gasteiger partial charge in [0.1, 0.15) is 23.6 Å². The Balaban J connectivity index is 1.61. The third-order valence-corrected chi connectivity index (χ3v) is 6.74. The van der Waals surface area contributed by atoms with E-state index in [1.165, 1.54) is 48.5 Å². The van der Waals surface area contributed by atoms with Gasteiger partial charge in [-0.2, -0.15) is 0 Å². The maximum Gasteiger partial charge on any atom is 0.352 e. The summed E-state index contributed by atoms with van der Waals surface area (Å²) in [7, 11) is -4.83. The van der Waals surface area contributed by atoms with Crippen LogP contribution in [-0.2, 0) is 18.9 Å². The first kappa shape index (κ1) is 27.6. The van der Waals surface area contributed by atoms with Gasteiger partial charge in [0.25, 0.3) is 5.91 Å². The van der Waals surface area contributed by atoms with Crippen molar-refractivity contribution in [3.63, 3.8) is 0 Å². The van der Waals surface area contributed by atoms with E-state index in [-0.39, 0.29) is 36.4 Å². The number of β-lactam (4-membered cyclic amide) rings is 1.